The van der Waals surface area contributed by atoms with Crippen LogP contribution in [0.2, 0.25) is 0 Å². The molecule has 0 bridgehead atoms. The number of hydrogen-bond acceptors (Lipinski definition) is 5. The molecule has 2 amide bonds. The van der Waals surface area contributed by atoms with Crippen molar-refractivity contribution >= 4 is 11.8 Å². The van der Waals surface area contributed by atoms with E-state index in [1.807, 2.05) is 30.3 Å². The van der Waals surface area contributed by atoms with Gasteiger partial charge in [0.15, 0.2) is 11.6 Å². The van der Waals surface area contributed by atoms with E-state index in [4.69, 9.17) is 4.74 Å². The van der Waals surface area contributed by atoms with Crippen molar-refractivity contribution < 1.29 is 22.7 Å². The van der Waals surface area contributed by atoms with E-state index in [2.05, 4.69) is 25.6 Å². The Kier molecular flexibility index (Phi) is 8.13. The molecule has 5 rings (SSSR count). The Hall–Kier alpha value is -4.22. The Morgan fingerprint density at radius 3 is 2.58 bits per heavy atom. The number of nitrogens with zero attached hydrogens (tertiary/aromatic N) is 4. The van der Waals surface area contributed by atoms with Gasteiger partial charge < -0.3 is 10.1 Å². The molecule has 8 nitrogen and oxygen atoms in total. The number of urea groups is 1. The highest BCUT2D eigenvalue weighted by Gasteiger charge is 2.35. The number of aromatic nitrogens is 3. The second-order valence-corrected chi connectivity index (χ2v) is 9.70. The van der Waals surface area contributed by atoms with Crippen molar-refractivity contribution in [1.29, 1.82) is 0 Å². The quantitative estimate of drug-likeness (QED) is 0.326. The SMILES string of the molecule is COCCN1C[C@@H](NC(=O)Nc2c(C)c(-c3cncc(F)c3)nn2-c2ccccc2)[C@H](c2ccc(F)c(F)c2)C1. The number of hydrogen-bond donors (Lipinski definition) is 2. The number of pyridine rings is 1. The van der Waals surface area contributed by atoms with E-state index >= 15 is 0 Å². The van der Waals surface area contributed by atoms with Gasteiger partial charge in [-0.2, -0.15) is 5.10 Å². The Morgan fingerprint density at radius 2 is 1.85 bits per heavy atom. The third-order valence-electron chi connectivity index (χ3n) is 7.03. The van der Waals surface area contributed by atoms with E-state index in [1.165, 1.54) is 18.3 Å². The fraction of sp³-hybridized carbons (Fsp3) is 0.276. The maximum absolute atomic E-state index is 14.1. The molecule has 40 heavy (non-hydrogen) atoms. The number of carbonyl (C=O) groups excluding carboxylic acids is 1. The number of ether oxygens (including phenoxy) is 1. The molecule has 4 aromatic rings. The average molecular weight is 551 g/mol. The number of methoxy groups -OCH3 is 1. The van der Waals surface area contributed by atoms with Crippen LogP contribution in [0.4, 0.5) is 23.8 Å². The minimum absolute atomic E-state index is 0.272. The molecule has 11 heteroatoms. The van der Waals surface area contributed by atoms with Gasteiger partial charge in [-0.1, -0.05) is 24.3 Å². The molecule has 0 saturated carbocycles. The summed E-state index contributed by atoms with van der Waals surface area (Å²) in [6.45, 7) is 3.95. The molecular weight excluding hydrogens is 521 g/mol. The first kappa shape index (κ1) is 27.4. The van der Waals surface area contributed by atoms with Crippen molar-refractivity contribution in [2.45, 2.75) is 18.9 Å². The summed E-state index contributed by atoms with van der Waals surface area (Å²) in [5.41, 5.74) is 2.85. The van der Waals surface area contributed by atoms with Gasteiger partial charge in [-0.3, -0.25) is 15.2 Å². The van der Waals surface area contributed by atoms with E-state index in [-0.39, 0.29) is 12.0 Å². The average Bonchev–Trinajstić information content (AvgIpc) is 3.50. The van der Waals surface area contributed by atoms with Crippen LogP contribution in [0.5, 0.6) is 0 Å². The van der Waals surface area contributed by atoms with Gasteiger partial charge in [-0.05, 0) is 42.8 Å². The molecule has 208 valence electrons. The summed E-state index contributed by atoms with van der Waals surface area (Å²) in [4.78, 5) is 19.4. The van der Waals surface area contributed by atoms with Crippen LogP contribution >= 0.6 is 0 Å². The molecule has 0 spiro atoms. The van der Waals surface area contributed by atoms with Crippen LogP contribution in [0.15, 0.2) is 67.0 Å². The summed E-state index contributed by atoms with van der Waals surface area (Å²) < 4.78 is 48.4. The fourth-order valence-electron chi connectivity index (χ4n) is 5.04. The van der Waals surface area contributed by atoms with Gasteiger partial charge in [0, 0.05) is 50.0 Å². The number of nitrogens with one attached hydrogen (secondary N) is 2. The molecule has 1 aliphatic heterocycles. The standard InChI is InChI=1S/C29H29F3N6O2/c1-18-27(20-12-21(30)15-33-14-20)36-38(22-6-4-3-5-7-22)28(18)35-29(39)34-26-17-37(10-11-40-2)16-23(26)19-8-9-24(31)25(32)13-19/h3-9,12-15,23,26H,10-11,16-17H2,1-2H3,(H2,34,35,39)/t23-,26+/m0/s1. The smallest absolute Gasteiger partial charge is 0.320 e. The van der Waals surface area contributed by atoms with Crippen molar-refractivity contribution in [2.24, 2.45) is 0 Å². The molecular formula is C29H29F3N6O2. The van der Waals surface area contributed by atoms with E-state index < -0.39 is 23.5 Å². The third kappa shape index (κ3) is 5.85. The van der Waals surface area contributed by atoms with E-state index in [0.29, 0.717) is 60.1 Å². The lowest BCUT2D eigenvalue weighted by molar-refractivity contribution is 0.159. The number of para-hydroxylation sites is 1. The first-order valence-electron chi connectivity index (χ1n) is 12.8. The lowest BCUT2D eigenvalue weighted by atomic mass is 9.94. The second kappa shape index (κ2) is 11.9. The van der Waals surface area contributed by atoms with Gasteiger partial charge in [-0.25, -0.2) is 22.6 Å². The predicted molar refractivity (Wildman–Crippen MR) is 145 cm³/mol. The number of amides is 2. The molecule has 1 fully saturated rings. The van der Waals surface area contributed by atoms with Crippen molar-refractivity contribution in [3.8, 4) is 16.9 Å². The van der Waals surface area contributed by atoms with Crippen LogP contribution in [-0.4, -0.2) is 65.1 Å². The van der Waals surface area contributed by atoms with E-state index in [0.717, 1.165) is 12.3 Å². The Labute approximate surface area is 229 Å². The van der Waals surface area contributed by atoms with Crippen molar-refractivity contribution in [1.82, 2.24) is 25.0 Å². The van der Waals surface area contributed by atoms with Gasteiger partial charge in [0.2, 0.25) is 0 Å². The number of halogens is 3. The molecule has 1 aliphatic rings. The van der Waals surface area contributed by atoms with E-state index in [9.17, 15) is 18.0 Å². The van der Waals surface area contributed by atoms with Gasteiger partial charge in [0.1, 0.15) is 11.6 Å². The Bertz CT molecular complexity index is 1500. The highest BCUT2D eigenvalue weighted by atomic mass is 19.2. The number of carbonyl (C=O) groups is 1. The molecule has 0 unspecified atom stereocenters. The fourth-order valence-corrected chi connectivity index (χ4v) is 5.04. The minimum Gasteiger partial charge on any atom is -0.383 e. The minimum atomic E-state index is -0.933. The van der Waals surface area contributed by atoms with Gasteiger partial charge in [0.25, 0.3) is 0 Å². The molecule has 2 N–H and O–H groups in total. The normalized spacial score (nSPS) is 17.2. The van der Waals surface area contributed by atoms with Crippen LogP contribution in [-0.2, 0) is 4.74 Å². The number of rotatable bonds is 8. The van der Waals surface area contributed by atoms with Crippen molar-refractivity contribution in [2.75, 3.05) is 38.7 Å². The summed E-state index contributed by atoms with van der Waals surface area (Å²) in [6.07, 6.45) is 2.62. The maximum Gasteiger partial charge on any atom is 0.320 e. The Morgan fingerprint density at radius 1 is 1.05 bits per heavy atom. The number of benzene rings is 2. The summed E-state index contributed by atoms with van der Waals surface area (Å²) >= 11 is 0. The molecule has 2 atom stereocenters. The third-order valence-corrected chi connectivity index (χ3v) is 7.03. The van der Waals surface area contributed by atoms with Crippen LogP contribution in [0.3, 0.4) is 0 Å². The van der Waals surface area contributed by atoms with Crippen LogP contribution < -0.4 is 10.6 Å². The molecule has 3 heterocycles. The summed E-state index contributed by atoms with van der Waals surface area (Å²) in [6, 6.07) is 13.5. The summed E-state index contributed by atoms with van der Waals surface area (Å²) in [5, 5.41) is 10.6. The van der Waals surface area contributed by atoms with Crippen molar-refractivity contribution in [3.63, 3.8) is 0 Å². The van der Waals surface area contributed by atoms with Crippen LogP contribution in [0, 0.1) is 24.4 Å². The first-order valence-corrected chi connectivity index (χ1v) is 12.8. The number of likely N-dealkylation sites (tertiary alicyclic amines) is 1. The molecule has 2 aromatic heterocycles. The summed E-state index contributed by atoms with van der Waals surface area (Å²) in [7, 11) is 1.61. The highest BCUT2D eigenvalue weighted by Crippen LogP contribution is 2.32. The Balaban J connectivity index is 1.43. The first-order chi connectivity index (χ1) is 19.3. The van der Waals surface area contributed by atoms with Crippen LogP contribution in [0.1, 0.15) is 17.0 Å². The van der Waals surface area contributed by atoms with E-state index in [1.54, 1.807) is 24.8 Å². The molecule has 2 aromatic carbocycles. The topological polar surface area (TPSA) is 84.3 Å². The lowest BCUT2D eigenvalue weighted by Gasteiger charge is -2.21. The highest BCUT2D eigenvalue weighted by molar-refractivity contribution is 5.91. The maximum atomic E-state index is 14.1. The predicted octanol–water partition coefficient (Wildman–Crippen LogP) is 4.90. The van der Waals surface area contributed by atoms with Gasteiger partial charge >= 0.3 is 6.03 Å². The zero-order valence-electron chi connectivity index (χ0n) is 22.1. The largest absolute Gasteiger partial charge is 0.383 e. The number of anilines is 1. The van der Waals surface area contributed by atoms with Crippen molar-refractivity contribution in [3.05, 3.63) is 95.6 Å². The van der Waals surface area contributed by atoms with Crippen LogP contribution in [0.25, 0.3) is 16.9 Å². The lowest BCUT2D eigenvalue weighted by Crippen LogP contribution is -2.42. The van der Waals surface area contributed by atoms with Gasteiger partial charge in [-0.15, -0.1) is 0 Å². The second-order valence-electron chi connectivity index (χ2n) is 9.70. The summed E-state index contributed by atoms with van der Waals surface area (Å²) in [5.74, 6) is -2.22. The monoisotopic (exact) mass is 550 g/mol. The zero-order chi connectivity index (χ0) is 28.2. The molecule has 0 aliphatic carbocycles. The molecule has 1 saturated heterocycles. The molecule has 0 radical (unpaired) electrons. The van der Waals surface area contributed by atoms with Gasteiger partial charge in [0.05, 0.1) is 30.2 Å². The zero-order valence-corrected chi connectivity index (χ0v) is 22.1.